The number of aryl methyl sites for hydroxylation is 2. The van der Waals surface area contributed by atoms with Crippen LogP contribution in [0.4, 0.5) is 0 Å². The first kappa shape index (κ1) is 12.3. The molecule has 0 aromatic carbocycles. The van der Waals surface area contributed by atoms with Gasteiger partial charge < -0.3 is 4.74 Å². The van der Waals surface area contributed by atoms with Crippen molar-refractivity contribution >= 4 is 23.2 Å². The molecule has 0 aliphatic carbocycles. The van der Waals surface area contributed by atoms with Crippen LogP contribution in [0, 0.1) is 13.8 Å². The van der Waals surface area contributed by atoms with Gasteiger partial charge in [-0.15, -0.1) is 0 Å². The summed E-state index contributed by atoms with van der Waals surface area (Å²) in [5.41, 5.74) is 2.35. The van der Waals surface area contributed by atoms with E-state index >= 15 is 0 Å². The number of aromatic nitrogens is 1. The van der Waals surface area contributed by atoms with Gasteiger partial charge in [-0.2, -0.15) is 0 Å². The largest absolute Gasteiger partial charge is 0.486 e. The van der Waals surface area contributed by atoms with Gasteiger partial charge in [-0.3, -0.25) is 4.98 Å². The van der Waals surface area contributed by atoms with Gasteiger partial charge in [-0.25, -0.2) is 0 Å². The maximum absolute atomic E-state index is 6.05. The van der Waals surface area contributed by atoms with Crippen molar-refractivity contribution in [3.63, 3.8) is 0 Å². The van der Waals surface area contributed by atoms with E-state index in [4.69, 9.17) is 27.9 Å². The van der Waals surface area contributed by atoms with Gasteiger partial charge in [0.05, 0.1) is 11.4 Å². The third kappa shape index (κ3) is 2.86. The lowest BCUT2D eigenvalue weighted by molar-refractivity contribution is 0.352. The maximum Gasteiger partial charge on any atom is 0.160 e. The van der Waals surface area contributed by atoms with Crippen LogP contribution in [0.2, 0.25) is 10.0 Å². The summed E-state index contributed by atoms with van der Waals surface area (Å²) in [5, 5.41) is 0.929. The molecule has 0 aliphatic heterocycles. The fourth-order valence-electron chi connectivity index (χ4n) is 1.10. The molecule has 82 valence electrons. The standard InChI is InChI=1S/C11H13Cl2NO/c1-6(2)5-15-11-9(12)7(3)14-8(4)10(11)13/h1,5H2,2-4H3. The zero-order valence-electron chi connectivity index (χ0n) is 9.03. The number of halogens is 2. The van der Waals surface area contributed by atoms with Crippen LogP contribution in [0.5, 0.6) is 5.75 Å². The Balaban J connectivity index is 3.09. The monoisotopic (exact) mass is 245 g/mol. The van der Waals surface area contributed by atoms with Crippen LogP contribution in [-0.4, -0.2) is 11.6 Å². The Morgan fingerprint density at radius 1 is 1.27 bits per heavy atom. The number of hydrogen-bond acceptors (Lipinski definition) is 2. The highest BCUT2D eigenvalue weighted by Crippen LogP contribution is 2.36. The lowest BCUT2D eigenvalue weighted by atomic mass is 10.3. The second kappa shape index (κ2) is 4.86. The summed E-state index contributed by atoms with van der Waals surface area (Å²) in [7, 11) is 0. The zero-order valence-corrected chi connectivity index (χ0v) is 10.5. The molecule has 0 fully saturated rings. The van der Waals surface area contributed by atoms with Crippen molar-refractivity contribution in [2.24, 2.45) is 0 Å². The molecule has 4 heteroatoms. The summed E-state index contributed by atoms with van der Waals surface area (Å²) in [6.07, 6.45) is 0. The van der Waals surface area contributed by atoms with Gasteiger partial charge in [0, 0.05) is 0 Å². The smallest absolute Gasteiger partial charge is 0.160 e. The normalized spacial score (nSPS) is 10.2. The number of rotatable bonds is 3. The highest BCUT2D eigenvalue weighted by molar-refractivity contribution is 6.37. The Hall–Kier alpha value is -0.730. The second-order valence-corrected chi connectivity index (χ2v) is 4.24. The molecule has 0 N–H and O–H groups in total. The Bertz CT molecular complexity index is 376. The van der Waals surface area contributed by atoms with E-state index in [1.807, 2.05) is 20.8 Å². The summed E-state index contributed by atoms with van der Waals surface area (Å²) >= 11 is 12.1. The van der Waals surface area contributed by atoms with Crippen LogP contribution < -0.4 is 4.74 Å². The van der Waals surface area contributed by atoms with E-state index in [9.17, 15) is 0 Å². The van der Waals surface area contributed by atoms with Gasteiger partial charge in [0.15, 0.2) is 5.75 Å². The summed E-state index contributed by atoms with van der Waals surface area (Å²) in [6.45, 7) is 9.67. The van der Waals surface area contributed by atoms with Gasteiger partial charge in [-0.05, 0) is 26.3 Å². The Kier molecular flexibility index (Phi) is 4.00. The van der Waals surface area contributed by atoms with Crippen molar-refractivity contribution in [3.05, 3.63) is 33.6 Å². The minimum Gasteiger partial charge on any atom is -0.486 e. The quantitative estimate of drug-likeness (QED) is 0.753. The Morgan fingerprint density at radius 2 is 1.73 bits per heavy atom. The van der Waals surface area contributed by atoms with Gasteiger partial charge in [0.1, 0.15) is 16.7 Å². The lowest BCUT2D eigenvalue weighted by Crippen LogP contribution is -2.02. The molecule has 1 aromatic rings. The van der Waals surface area contributed by atoms with Crippen LogP contribution in [0.1, 0.15) is 18.3 Å². The van der Waals surface area contributed by atoms with Gasteiger partial charge >= 0.3 is 0 Å². The maximum atomic E-state index is 6.05. The predicted molar refractivity (Wildman–Crippen MR) is 64.0 cm³/mol. The molecule has 0 saturated heterocycles. The van der Waals surface area contributed by atoms with Crippen LogP contribution in [-0.2, 0) is 0 Å². The van der Waals surface area contributed by atoms with E-state index in [0.717, 1.165) is 17.0 Å². The highest BCUT2D eigenvalue weighted by atomic mass is 35.5. The molecule has 0 amide bonds. The molecule has 0 atom stereocenters. The first-order valence-electron chi connectivity index (χ1n) is 4.53. The van der Waals surface area contributed by atoms with Crippen molar-refractivity contribution < 1.29 is 4.74 Å². The van der Waals surface area contributed by atoms with E-state index < -0.39 is 0 Å². The molecule has 0 unspecified atom stereocenters. The third-order valence-electron chi connectivity index (χ3n) is 1.83. The van der Waals surface area contributed by atoms with Crippen molar-refractivity contribution in [1.82, 2.24) is 4.98 Å². The van der Waals surface area contributed by atoms with Crippen molar-refractivity contribution in [3.8, 4) is 5.75 Å². The molecular weight excluding hydrogens is 233 g/mol. The number of nitrogens with zero attached hydrogens (tertiary/aromatic N) is 1. The second-order valence-electron chi connectivity index (χ2n) is 3.49. The van der Waals surface area contributed by atoms with E-state index in [2.05, 4.69) is 11.6 Å². The number of ether oxygens (including phenoxy) is 1. The zero-order chi connectivity index (χ0) is 11.6. The molecule has 0 radical (unpaired) electrons. The minimum atomic E-state index is 0.405. The molecule has 0 aliphatic rings. The van der Waals surface area contributed by atoms with Crippen molar-refractivity contribution in [1.29, 1.82) is 0 Å². The summed E-state index contributed by atoms with van der Waals surface area (Å²) in [5.74, 6) is 0.492. The predicted octanol–water partition coefficient (Wildman–Crippen LogP) is 3.96. The van der Waals surface area contributed by atoms with Crippen LogP contribution in [0.3, 0.4) is 0 Å². The van der Waals surface area contributed by atoms with Crippen molar-refractivity contribution in [2.75, 3.05) is 6.61 Å². The first-order valence-corrected chi connectivity index (χ1v) is 5.28. The fraction of sp³-hybridized carbons (Fsp3) is 0.364. The van der Waals surface area contributed by atoms with Gasteiger partial charge in [0.25, 0.3) is 0 Å². The molecule has 15 heavy (non-hydrogen) atoms. The summed E-state index contributed by atoms with van der Waals surface area (Å²) in [4.78, 5) is 4.19. The number of pyridine rings is 1. The average molecular weight is 246 g/mol. The average Bonchev–Trinajstić information content (AvgIpc) is 2.14. The minimum absolute atomic E-state index is 0.405. The Labute approximate surface area is 99.9 Å². The van der Waals surface area contributed by atoms with E-state index in [1.165, 1.54) is 0 Å². The fourth-order valence-corrected chi connectivity index (χ4v) is 1.53. The molecule has 1 aromatic heterocycles. The third-order valence-corrected chi connectivity index (χ3v) is 2.72. The molecule has 1 heterocycles. The van der Waals surface area contributed by atoms with E-state index in [-0.39, 0.29) is 0 Å². The first-order chi connectivity index (χ1) is 6.93. The molecular formula is C11H13Cl2NO. The molecule has 0 bridgehead atoms. The van der Waals surface area contributed by atoms with E-state index in [0.29, 0.717) is 22.4 Å². The van der Waals surface area contributed by atoms with Crippen molar-refractivity contribution in [2.45, 2.75) is 20.8 Å². The molecule has 1 rings (SSSR count). The number of hydrogen-bond donors (Lipinski definition) is 0. The Morgan fingerprint density at radius 3 is 2.13 bits per heavy atom. The highest BCUT2D eigenvalue weighted by Gasteiger charge is 2.14. The SMILES string of the molecule is C=C(C)COc1c(Cl)c(C)nc(C)c1Cl. The van der Waals surface area contributed by atoms with Crippen LogP contribution in [0.15, 0.2) is 12.2 Å². The van der Waals surface area contributed by atoms with Gasteiger partial charge in [0.2, 0.25) is 0 Å². The van der Waals surface area contributed by atoms with Gasteiger partial charge in [-0.1, -0.05) is 29.8 Å². The van der Waals surface area contributed by atoms with E-state index in [1.54, 1.807) is 0 Å². The van der Waals surface area contributed by atoms with Crippen LogP contribution >= 0.6 is 23.2 Å². The summed E-state index contributed by atoms with van der Waals surface area (Å²) < 4.78 is 5.49. The van der Waals surface area contributed by atoms with Crippen LogP contribution in [0.25, 0.3) is 0 Å². The lowest BCUT2D eigenvalue weighted by Gasteiger charge is -2.12. The molecule has 0 saturated carbocycles. The molecule has 2 nitrogen and oxygen atoms in total. The molecule has 0 spiro atoms. The summed E-state index contributed by atoms with van der Waals surface area (Å²) in [6, 6.07) is 0. The topological polar surface area (TPSA) is 22.1 Å².